The molecule has 16 heavy (non-hydrogen) atoms. The summed E-state index contributed by atoms with van der Waals surface area (Å²) in [4.78, 5) is 12.6. The van der Waals surface area contributed by atoms with E-state index in [0.29, 0.717) is 5.82 Å². The highest BCUT2D eigenvalue weighted by Gasteiger charge is 1.98. The van der Waals surface area contributed by atoms with Crippen LogP contribution in [0.15, 0.2) is 41.7 Å². The lowest BCUT2D eigenvalue weighted by Gasteiger charge is -2.02. The van der Waals surface area contributed by atoms with Crippen molar-refractivity contribution in [3.63, 3.8) is 0 Å². The van der Waals surface area contributed by atoms with E-state index in [9.17, 15) is 0 Å². The molecule has 1 heterocycles. The van der Waals surface area contributed by atoms with Crippen molar-refractivity contribution in [3.05, 3.63) is 53.6 Å². The topological polar surface area (TPSA) is 38.1 Å². The van der Waals surface area contributed by atoms with Crippen LogP contribution in [-0.2, 0) is 0 Å². The van der Waals surface area contributed by atoms with E-state index < -0.39 is 0 Å². The van der Waals surface area contributed by atoms with Gasteiger partial charge in [0.15, 0.2) is 5.82 Å². The zero-order chi connectivity index (χ0) is 11.4. The number of benzene rings is 1. The van der Waals surface area contributed by atoms with Gasteiger partial charge >= 0.3 is 0 Å². The van der Waals surface area contributed by atoms with E-state index in [4.69, 9.17) is 0 Å². The minimum Gasteiger partial charge on any atom is -0.252 e. The third-order valence-electron chi connectivity index (χ3n) is 2.33. The van der Waals surface area contributed by atoms with E-state index in [1.54, 1.807) is 24.7 Å². The van der Waals surface area contributed by atoms with Gasteiger partial charge in [0.2, 0.25) is 0 Å². The summed E-state index contributed by atoms with van der Waals surface area (Å²) in [6.07, 6.45) is 5.10. The standard InChI is InChI=1S/C13H13N3/c1-10-5-3-6-11(2)13(10)16-9-12-14-7-4-8-15-12/h3-9H,1-2H3/b16-9+. The van der Waals surface area contributed by atoms with Crippen molar-refractivity contribution in [2.45, 2.75) is 13.8 Å². The Morgan fingerprint density at radius 2 is 1.62 bits per heavy atom. The van der Waals surface area contributed by atoms with Crippen LogP contribution in [0.2, 0.25) is 0 Å². The van der Waals surface area contributed by atoms with E-state index in [1.165, 1.54) is 0 Å². The summed E-state index contributed by atoms with van der Waals surface area (Å²) in [5.74, 6) is 0.630. The fraction of sp³-hybridized carbons (Fsp3) is 0.154. The number of hydrogen-bond donors (Lipinski definition) is 0. The van der Waals surface area contributed by atoms with Crippen LogP contribution in [0.5, 0.6) is 0 Å². The summed E-state index contributed by atoms with van der Waals surface area (Å²) in [5.41, 5.74) is 3.31. The molecule has 0 saturated heterocycles. The lowest BCUT2D eigenvalue weighted by atomic mass is 10.1. The molecule has 0 spiro atoms. The molecular weight excluding hydrogens is 198 g/mol. The van der Waals surface area contributed by atoms with Gasteiger partial charge in [-0.2, -0.15) is 0 Å². The average Bonchev–Trinajstić information content (AvgIpc) is 2.30. The van der Waals surface area contributed by atoms with Crippen molar-refractivity contribution in [3.8, 4) is 0 Å². The van der Waals surface area contributed by atoms with Crippen molar-refractivity contribution >= 4 is 11.9 Å². The van der Waals surface area contributed by atoms with Gasteiger partial charge in [0, 0.05) is 12.4 Å². The van der Waals surface area contributed by atoms with E-state index in [2.05, 4.69) is 15.0 Å². The minimum atomic E-state index is 0.630. The second-order valence-electron chi connectivity index (χ2n) is 3.61. The van der Waals surface area contributed by atoms with Gasteiger partial charge in [-0.05, 0) is 31.0 Å². The quantitative estimate of drug-likeness (QED) is 0.716. The molecule has 0 aliphatic rings. The molecule has 0 bridgehead atoms. The van der Waals surface area contributed by atoms with Crippen LogP contribution in [-0.4, -0.2) is 16.2 Å². The SMILES string of the molecule is Cc1cccc(C)c1/N=C/c1ncccn1. The van der Waals surface area contributed by atoms with Crippen molar-refractivity contribution in [2.24, 2.45) is 4.99 Å². The zero-order valence-corrected chi connectivity index (χ0v) is 9.38. The Morgan fingerprint density at radius 1 is 1.00 bits per heavy atom. The predicted octanol–water partition coefficient (Wildman–Crippen LogP) is 2.84. The molecule has 0 fully saturated rings. The Morgan fingerprint density at radius 3 is 2.25 bits per heavy atom. The molecule has 0 radical (unpaired) electrons. The van der Waals surface area contributed by atoms with Crippen LogP contribution in [0, 0.1) is 13.8 Å². The molecule has 0 unspecified atom stereocenters. The fourth-order valence-corrected chi connectivity index (χ4v) is 1.51. The molecule has 1 aromatic heterocycles. The van der Waals surface area contributed by atoms with Gasteiger partial charge in [-0.3, -0.25) is 4.99 Å². The van der Waals surface area contributed by atoms with Gasteiger partial charge in [0.05, 0.1) is 11.9 Å². The van der Waals surface area contributed by atoms with Gasteiger partial charge < -0.3 is 0 Å². The summed E-state index contributed by atoms with van der Waals surface area (Å²) in [7, 11) is 0. The first kappa shape index (κ1) is 10.5. The fourth-order valence-electron chi connectivity index (χ4n) is 1.51. The molecule has 2 aromatic rings. The maximum Gasteiger partial charge on any atom is 0.170 e. The summed E-state index contributed by atoms with van der Waals surface area (Å²) >= 11 is 0. The highest BCUT2D eigenvalue weighted by Crippen LogP contribution is 2.22. The predicted molar refractivity (Wildman–Crippen MR) is 65.2 cm³/mol. The first-order valence-corrected chi connectivity index (χ1v) is 5.14. The smallest absolute Gasteiger partial charge is 0.170 e. The Hall–Kier alpha value is -2.03. The van der Waals surface area contributed by atoms with Gasteiger partial charge in [-0.15, -0.1) is 0 Å². The normalized spacial score (nSPS) is 10.9. The monoisotopic (exact) mass is 211 g/mol. The summed E-state index contributed by atoms with van der Waals surface area (Å²) in [6.45, 7) is 4.09. The van der Waals surface area contributed by atoms with Crippen LogP contribution >= 0.6 is 0 Å². The maximum atomic E-state index is 4.43. The van der Waals surface area contributed by atoms with Crippen LogP contribution < -0.4 is 0 Å². The third-order valence-corrected chi connectivity index (χ3v) is 2.33. The summed E-state index contributed by atoms with van der Waals surface area (Å²) < 4.78 is 0. The summed E-state index contributed by atoms with van der Waals surface area (Å²) in [5, 5.41) is 0. The first-order chi connectivity index (χ1) is 7.77. The number of nitrogens with zero attached hydrogens (tertiary/aromatic N) is 3. The van der Waals surface area contributed by atoms with Gasteiger partial charge in [0.1, 0.15) is 0 Å². The molecule has 2 rings (SSSR count). The Balaban J connectivity index is 2.31. The number of aliphatic imine (C=N–C) groups is 1. The van der Waals surface area contributed by atoms with Crippen LogP contribution in [0.1, 0.15) is 17.0 Å². The third kappa shape index (κ3) is 2.31. The number of rotatable bonds is 2. The number of para-hydroxylation sites is 1. The van der Waals surface area contributed by atoms with E-state index in [0.717, 1.165) is 16.8 Å². The van der Waals surface area contributed by atoms with Crippen LogP contribution in [0.3, 0.4) is 0 Å². The molecular formula is C13H13N3. The Kier molecular flexibility index (Phi) is 3.05. The van der Waals surface area contributed by atoms with Gasteiger partial charge in [-0.25, -0.2) is 9.97 Å². The van der Waals surface area contributed by atoms with Crippen LogP contribution in [0.4, 0.5) is 5.69 Å². The van der Waals surface area contributed by atoms with Crippen molar-refractivity contribution < 1.29 is 0 Å². The molecule has 80 valence electrons. The molecule has 0 amide bonds. The van der Waals surface area contributed by atoms with Crippen molar-refractivity contribution in [1.29, 1.82) is 0 Å². The lowest BCUT2D eigenvalue weighted by Crippen LogP contribution is -1.90. The highest BCUT2D eigenvalue weighted by atomic mass is 14.9. The Labute approximate surface area is 94.9 Å². The van der Waals surface area contributed by atoms with Gasteiger partial charge in [-0.1, -0.05) is 18.2 Å². The molecule has 3 heteroatoms. The number of hydrogen-bond acceptors (Lipinski definition) is 3. The lowest BCUT2D eigenvalue weighted by molar-refractivity contribution is 1.14. The second kappa shape index (κ2) is 4.66. The van der Waals surface area contributed by atoms with E-state index in [-0.39, 0.29) is 0 Å². The molecule has 0 N–H and O–H groups in total. The zero-order valence-electron chi connectivity index (χ0n) is 9.38. The van der Waals surface area contributed by atoms with Crippen molar-refractivity contribution in [2.75, 3.05) is 0 Å². The highest BCUT2D eigenvalue weighted by molar-refractivity contribution is 5.78. The van der Waals surface area contributed by atoms with Gasteiger partial charge in [0.25, 0.3) is 0 Å². The summed E-state index contributed by atoms with van der Waals surface area (Å²) in [6, 6.07) is 7.91. The minimum absolute atomic E-state index is 0.630. The van der Waals surface area contributed by atoms with E-state index in [1.807, 2.05) is 32.0 Å². The second-order valence-corrected chi connectivity index (χ2v) is 3.61. The maximum absolute atomic E-state index is 4.43. The molecule has 0 aliphatic heterocycles. The number of aromatic nitrogens is 2. The molecule has 3 nitrogen and oxygen atoms in total. The average molecular weight is 211 g/mol. The van der Waals surface area contributed by atoms with E-state index >= 15 is 0 Å². The molecule has 0 saturated carbocycles. The van der Waals surface area contributed by atoms with Crippen LogP contribution in [0.25, 0.3) is 0 Å². The molecule has 1 aromatic carbocycles. The first-order valence-electron chi connectivity index (χ1n) is 5.14. The largest absolute Gasteiger partial charge is 0.252 e. The molecule has 0 atom stereocenters. The molecule has 0 aliphatic carbocycles. The number of aryl methyl sites for hydroxylation is 2. The van der Waals surface area contributed by atoms with Crippen molar-refractivity contribution in [1.82, 2.24) is 9.97 Å². The Bertz CT molecular complexity index is 484.